The highest BCUT2D eigenvalue weighted by molar-refractivity contribution is 7.89. The van der Waals surface area contributed by atoms with Gasteiger partial charge in [-0.25, -0.2) is 13.1 Å². The van der Waals surface area contributed by atoms with Gasteiger partial charge in [0.1, 0.15) is 10.6 Å². The molecule has 0 bridgehead atoms. The summed E-state index contributed by atoms with van der Waals surface area (Å²) < 4.78 is 49.5. The standard InChI is InChI=1S/C19H18N2O6S/c1-12-7-17(27-21-12)14-4-6-16(24-2)19(9-14)28(22,23)20-10-13-3-5-15-18(8-13)26-11-25-15/h3-9,20H,10-11H2,1-2H3. The summed E-state index contributed by atoms with van der Waals surface area (Å²) in [5.41, 5.74) is 2.04. The van der Waals surface area contributed by atoms with Gasteiger partial charge in [0.25, 0.3) is 0 Å². The molecular weight excluding hydrogens is 384 g/mol. The first-order chi connectivity index (χ1) is 13.5. The minimum Gasteiger partial charge on any atom is -0.495 e. The molecule has 0 amide bonds. The topological polar surface area (TPSA) is 99.9 Å². The fourth-order valence-corrected chi connectivity index (χ4v) is 4.06. The second kappa shape index (κ2) is 7.17. The molecule has 4 rings (SSSR count). The number of rotatable bonds is 6. The number of ether oxygens (including phenoxy) is 3. The average molecular weight is 402 g/mol. The van der Waals surface area contributed by atoms with Crippen molar-refractivity contribution in [2.45, 2.75) is 18.4 Å². The molecule has 0 fully saturated rings. The molecule has 0 saturated heterocycles. The highest BCUT2D eigenvalue weighted by atomic mass is 32.2. The fourth-order valence-electron chi connectivity index (χ4n) is 2.85. The van der Waals surface area contributed by atoms with Crippen LogP contribution < -0.4 is 18.9 Å². The number of fused-ring (bicyclic) bond motifs is 1. The van der Waals surface area contributed by atoms with Crippen molar-refractivity contribution in [3.05, 3.63) is 53.7 Å². The molecule has 0 unspecified atom stereocenters. The molecule has 146 valence electrons. The SMILES string of the molecule is COc1ccc(-c2cc(C)no2)cc1S(=O)(=O)NCc1ccc2c(c1)OCO2. The van der Waals surface area contributed by atoms with Gasteiger partial charge in [-0.1, -0.05) is 11.2 Å². The first-order valence-corrected chi connectivity index (χ1v) is 9.94. The van der Waals surface area contributed by atoms with E-state index in [2.05, 4.69) is 9.88 Å². The van der Waals surface area contributed by atoms with Crippen molar-refractivity contribution in [2.75, 3.05) is 13.9 Å². The Balaban J connectivity index is 1.60. The van der Waals surface area contributed by atoms with Crippen LogP contribution in [0.1, 0.15) is 11.3 Å². The highest BCUT2D eigenvalue weighted by Gasteiger charge is 2.22. The van der Waals surface area contributed by atoms with E-state index in [-0.39, 0.29) is 24.0 Å². The lowest BCUT2D eigenvalue weighted by Gasteiger charge is -2.12. The Morgan fingerprint density at radius 3 is 2.68 bits per heavy atom. The van der Waals surface area contributed by atoms with E-state index >= 15 is 0 Å². The quantitative estimate of drug-likeness (QED) is 0.677. The number of methoxy groups -OCH3 is 1. The van der Waals surface area contributed by atoms with Crippen LogP contribution in [-0.4, -0.2) is 27.5 Å². The minimum atomic E-state index is -3.85. The Morgan fingerprint density at radius 1 is 1.11 bits per heavy atom. The molecule has 1 aliphatic rings. The molecule has 28 heavy (non-hydrogen) atoms. The Bertz CT molecular complexity index is 1120. The number of aryl methyl sites for hydroxylation is 1. The number of benzene rings is 2. The van der Waals surface area contributed by atoms with Gasteiger partial charge in [0.2, 0.25) is 16.8 Å². The summed E-state index contributed by atoms with van der Waals surface area (Å²) in [7, 11) is -2.43. The van der Waals surface area contributed by atoms with E-state index in [1.807, 2.05) is 0 Å². The lowest BCUT2D eigenvalue weighted by molar-refractivity contribution is 0.174. The van der Waals surface area contributed by atoms with Gasteiger partial charge >= 0.3 is 0 Å². The largest absolute Gasteiger partial charge is 0.495 e. The van der Waals surface area contributed by atoms with Crippen LogP contribution in [0.2, 0.25) is 0 Å². The van der Waals surface area contributed by atoms with Crippen molar-refractivity contribution in [3.8, 4) is 28.6 Å². The van der Waals surface area contributed by atoms with Crippen molar-refractivity contribution >= 4 is 10.0 Å². The molecule has 0 atom stereocenters. The summed E-state index contributed by atoms with van der Waals surface area (Å²) in [5.74, 6) is 1.95. The summed E-state index contributed by atoms with van der Waals surface area (Å²) in [6, 6.07) is 11.8. The first-order valence-electron chi connectivity index (χ1n) is 8.46. The minimum absolute atomic E-state index is 0.0160. The van der Waals surface area contributed by atoms with E-state index < -0.39 is 10.0 Å². The zero-order valence-corrected chi connectivity index (χ0v) is 16.1. The molecular formula is C19H18N2O6S. The first kappa shape index (κ1) is 18.3. The van der Waals surface area contributed by atoms with Crippen LogP contribution >= 0.6 is 0 Å². The molecule has 1 aromatic heterocycles. The molecule has 0 radical (unpaired) electrons. The zero-order chi connectivity index (χ0) is 19.7. The highest BCUT2D eigenvalue weighted by Crippen LogP contribution is 2.33. The summed E-state index contributed by atoms with van der Waals surface area (Å²) in [4.78, 5) is 0.0160. The second-order valence-electron chi connectivity index (χ2n) is 6.21. The van der Waals surface area contributed by atoms with Crippen LogP contribution in [0.5, 0.6) is 17.2 Å². The molecule has 0 saturated carbocycles. The van der Waals surface area contributed by atoms with E-state index in [0.717, 1.165) is 5.56 Å². The van der Waals surface area contributed by atoms with Crippen molar-refractivity contribution in [2.24, 2.45) is 0 Å². The molecule has 2 heterocycles. The number of nitrogens with one attached hydrogen (secondary N) is 1. The third-order valence-electron chi connectivity index (χ3n) is 4.27. The van der Waals surface area contributed by atoms with Gasteiger partial charge in [-0.15, -0.1) is 0 Å². The molecule has 0 spiro atoms. The molecule has 3 aromatic rings. The van der Waals surface area contributed by atoms with Gasteiger partial charge in [-0.05, 0) is 42.8 Å². The maximum atomic E-state index is 12.9. The molecule has 2 aromatic carbocycles. The van der Waals surface area contributed by atoms with Crippen LogP contribution in [0.3, 0.4) is 0 Å². The molecule has 1 aliphatic heterocycles. The Morgan fingerprint density at radius 2 is 1.93 bits per heavy atom. The summed E-state index contributed by atoms with van der Waals surface area (Å²) in [6.07, 6.45) is 0. The van der Waals surface area contributed by atoms with Crippen LogP contribution in [0.15, 0.2) is 51.9 Å². The van der Waals surface area contributed by atoms with Crippen molar-refractivity contribution in [3.63, 3.8) is 0 Å². The van der Waals surface area contributed by atoms with Crippen LogP contribution in [0, 0.1) is 6.92 Å². The number of hydrogen-bond acceptors (Lipinski definition) is 7. The van der Waals surface area contributed by atoms with Gasteiger partial charge in [-0.2, -0.15) is 0 Å². The Labute approximate surface area is 162 Å². The molecule has 8 nitrogen and oxygen atoms in total. The Kier molecular flexibility index (Phi) is 4.70. The maximum Gasteiger partial charge on any atom is 0.244 e. The van der Waals surface area contributed by atoms with E-state index in [1.165, 1.54) is 13.2 Å². The Hall–Kier alpha value is -3.04. The molecule has 0 aliphatic carbocycles. The number of hydrogen-bond donors (Lipinski definition) is 1. The summed E-state index contributed by atoms with van der Waals surface area (Å²) in [6.45, 7) is 2.05. The smallest absolute Gasteiger partial charge is 0.244 e. The van der Waals surface area contributed by atoms with Gasteiger partial charge in [0.15, 0.2) is 17.3 Å². The van der Waals surface area contributed by atoms with E-state index in [1.54, 1.807) is 43.3 Å². The third kappa shape index (κ3) is 3.54. The van der Waals surface area contributed by atoms with Gasteiger partial charge in [0, 0.05) is 18.2 Å². The normalized spacial score (nSPS) is 12.9. The summed E-state index contributed by atoms with van der Waals surface area (Å²) in [5, 5.41) is 3.84. The average Bonchev–Trinajstić information content (AvgIpc) is 3.34. The lowest BCUT2D eigenvalue weighted by atomic mass is 10.1. The van der Waals surface area contributed by atoms with Gasteiger partial charge < -0.3 is 18.7 Å². The number of aromatic nitrogens is 1. The lowest BCUT2D eigenvalue weighted by Crippen LogP contribution is -2.23. The predicted molar refractivity (Wildman–Crippen MR) is 99.8 cm³/mol. The number of nitrogens with zero attached hydrogens (tertiary/aromatic N) is 1. The third-order valence-corrected chi connectivity index (χ3v) is 5.69. The van der Waals surface area contributed by atoms with E-state index in [4.69, 9.17) is 18.7 Å². The second-order valence-corrected chi connectivity index (χ2v) is 7.95. The fraction of sp³-hybridized carbons (Fsp3) is 0.211. The zero-order valence-electron chi connectivity index (χ0n) is 15.3. The van der Waals surface area contributed by atoms with Gasteiger partial charge in [0.05, 0.1) is 12.8 Å². The van der Waals surface area contributed by atoms with Crippen LogP contribution in [-0.2, 0) is 16.6 Å². The molecule has 9 heteroatoms. The van der Waals surface area contributed by atoms with E-state index in [0.29, 0.717) is 28.5 Å². The van der Waals surface area contributed by atoms with Crippen LogP contribution in [0.4, 0.5) is 0 Å². The molecule has 1 N–H and O–H groups in total. The van der Waals surface area contributed by atoms with Crippen molar-refractivity contribution in [1.82, 2.24) is 9.88 Å². The number of sulfonamides is 1. The van der Waals surface area contributed by atoms with Crippen molar-refractivity contribution < 1.29 is 27.2 Å². The monoisotopic (exact) mass is 402 g/mol. The van der Waals surface area contributed by atoms with Crippen LogP contribution in [0.25, 0.3) is 11.3 Å². The van der Waals surface area contributed by atoms with Crippen molar-refractivity contribution in [1.29, 1.82) is 0 Å². The maximum absolute atomic E-state index is 12.9. The summed E-state index contributed by atoms with van der Waals surface area (Å²) >= 11 is 0. The predicted octanol–water partition coefficient (Wildman–Crippen LogP) is 2.87. The van der Waals surface area contributed by atoms with Gasteiger partial charge in [-0.3, -0.25) is 0 Å². The van der Waals surface area contributed by atoms with E-state index in [9.17, 15) is 8.42 Å².